The van der Waals surface area contributed by atoms with Crippen LogP contribution in [0.1, 0.15) is 145 Å². The van der Waals surface area contributed by atoms with E-state index in [0.717, 1.165) is 0 Å². The van der Waals surface area contributed by atoms with E-state index in [2.05, 4.69) is 0 Å². The van der Waals surface area contributed by atoms with Gasteiger partial charge in [0, 0.05) is 34.1 Å². The maximum absolute atomic E-state index is 10.2. The molecule has 6 aromatic rings. The van der Waals surface area contributed by atoms with Gasteiger partial charge in [-0.2, -0.15) is 0 Å². The van der Waals surface area contributed by atoms with Crippen LogP contribution in [-0.2, 0) is 163 Å². The van der Waals surface area contributed by atoms with Crippen molar-refractivity contribution in [3.8, 4) is 0 Å². The van der Waals surface area contributed by atoms with Crippen molar-refractivity contribution in [2.75, 3.05) is 34.4 Å². The first-order chi connectivity index (χ1) is 38.6. The molecule has 30 nitrogen and oxygen atoms in total. The SMILES string of the molecule is CC(C)[O-].CC(C)[O-].CC(C)[O-].CC(C)[O-].CC(C)[O-].CC(C)[O-].Nc1ccc(C(=O)[O-])cc1.Nc1ccc(C(=O)[O-])cc1.Nc1ccc(C(=O)[O-])cc1.Nc1ccc(C(=O)[O-])cc1.Nc1ccc(C(=O)[O-])cc1.Nc1ccc(C(=O)[O-])cc1.[O-2].[O-2].[O-2].[O-2].[O-2].[O-2].[Ti+4].[Ti+4].[Ti+4].[Ti+4].[Ti+4].[Ti+4]. The van der Waals surface area contributed by atoms with Crippen LogP contribution in [0.15, 0.2) is 146 Å². The summed E-state index contributed by atoms with van der Waals surface area (Å²) in [4.78, 5) is 61.0. The summed E-state index contributed by atoms with van der Waals surface area (Å²) < 4.78 is 0. The Balaban J connectivity index is -0.0000000435. The van der Waals surface area contributed by atoms with E-state index < -0.39 is 72.4 Å². The average Bonchev–Trinajstić information content (AvgIpc) is 3.35. The number of carbonyl (C=O) groups excluding carboxylic acids is 6. The first-order valence-electron chi connectivity index (χ1n) is 25.0. The molecule has 0 radical (unpaired) electrons. The van der Waals surface area contributed by atoms with Gasteiger partial charge in [-0.3, -0.25) is 0 Å². The van der Waals surface area contributed by atoms with Gasteiger partial charge in [0.2, 0.25) is 0 Å². The molecule has 0 saturated heterocycles. The monoisotopic (exact) mass is 1550 g/mol. The van der Waals surface area contributed by atoms with Crippen molar-refractivity contribution in [2.45, 2.75) is 120 Å². The molecule has 0 fully saturated rings. The van der Waals surface area contributed by atoms with Crippen LogP contribution in [0.2, 0.25) is 0 Å². The van der Waals surface area contributed by atoms with Crippen LogP contribution in [0, 0.1) is 0 Å². The first-order valence-corrected chi connectivity index (χ1v) is 25.0. The van der Waals surface area contributed by atoms with E-state index in [-0.39, 0.29) is 197 Å². The Bertz CT molecular complexity index is 2180. The van der Waals surface area contributed by atoms with E-state index in [9.17, 15) is 90.0 Å². The summed E-state index contributed by atoms with van der Waals surface area (Å²) in [5.41, 5.74) is 36.0. The van der Waals surface area contributed by atoms with E-state index in [4.69, 9.17) is 34.4 Å². The van der Waals surface area contributed by atoms with E-state index in [1.165, 1.54) is 146 Å². The van der Waals surface area contributed by atoms with Crippen LogP contribution in [0.5, 0.6) is 0 Å². The molecule has 0 saturated carbocycles. The summed E-state index contributed by atoms with van der Waals surface area (Å²) in [6, 6.07) is 35.1. The Kier molecular flexibility index (Phi) is 123. The smallest absolute Gasteiger partial charge is 2.00 e. The third-order valence-corrected chi connectivity index (χ3v) is 6.88. The molecule has 12 N–H and O–H groups in total. The molecule has 0 bridgehead atoms. The van der Waals surface area contributed by atoms with Crippen LogP contribution < -0.4 is 95.7 Å². The summed E-state index contributed by atoms with van der Waals surface area (Å²) in [6.07, 6.45) is -2.50. The van der Waals surface area contributed by atoms with Gasteiger partial charge in [-0.05, 0) is 106 Å². The van der Waals surface area contributed by atoms with Crippen LogP contribution in [-0.4, -0.2) is 72.4 Å². The van der Waals surface area contributed by atoms with Crippen molar-refractivity contribution >= 4 is 69.9 Å². The number of nitrogen functional groups attached to an aromatic ring is 6. The second kappa shape index (κ2) is 85.8. The van der Waals surface area contributed by atoms with Gasteiger partial charge in [-0.25, -0.2) is 0 Å². The third kappa shape index (κ3) is 110. The van der Waals surface area contributed by atoms with Crippen LogP contribution in [0.4, 0.5) is 34.1 Å². The Morgan fingerprint density at radius 3 is 0.302 bits per heavy atom. The Hall–Kier alpha value is -5.25. The number of hydrogen-bond donors (Lipinski definition) is 6. The maximum Gasteiger partial charge on any atom is 4.00 e. The molecule has 6 aromatic carbocycles. The molecule has 516 valence electrons. The second-order valence-corrected chi connectivity index (χ2v) is 17.7. The minimum atomic E-state index is -1.18. The van der Waals surface area contributed by atoms with Crippen LogP contribution in [0.25, 0.3) is 0 Å². The fourth-order valence-corrected chi connectivity index (χ4v) is 3.72. The molecule has 0 aliphatic heterocycles. The van der Waals surface area contributed by atoms with Gasteiger partial charge in [0.1, 0.15) is 0 Å². The van der Waals surface area contributed by atoms with Crippen molar-refractivity contribution < 1.29 is 253 Å². The van der Waals surface area contributed by atoms with Crippen molar-refractivity contribution in [2.24, 2.45) is 0 Å². The summed E-state index contributed by atoms with van der Waals surface area (Å²) >= 11 is 0. The number of anilines is 6. The molecule has 0 heterocycles. The maximum atomic E-state index is 10.2. The van der Waals surface area contributed by atoms with Gasteiger partial charge in [0.15, 0.2) is 0 Å². The number of carboxylic acid groups (broad SMARTS) is 6. The Labute approximate surface area is 650 Å². The van der Waals surface area contributed by atoms with Gasteiger partial charge in [0.25, 0.3) is 0 Å². The van der Waals surface area contributed by atoms with Gasteiger partial charge in [-0.15, -0.1) is 36.6 Å². The van der Waals surface area contributed by atoms with Gasteiger partial charge in [0.05, 0.1) is 35.8 Å². The Morgan fingerprint density at radius 2 is 0.260 bits per heavy atom. The predicted octanol–water partition coefficient (Wildman–Crippen LogP) is -4.40. The fourth-order valence-electron chi connectivity index (χ4n) is 3.72. The van der Waals surface area contributed by atoms with Crippen LogP contribution in [0.3, 0.4) is 0 Å². The molecular weight excluding hydrogens is 1480 g/mol. The molecule has 0 atom stereocenters. The number of nitrogens with two attached hydrogens (primary N) is 6. The number of carbonyl (C=O) groups is 6. The zero-order valence-corrected chi connectivity index (χ0v) is 64.0. The summed E-state index contributed by atoms with van der Waals surface area (Å²) in [6.45, 7) is 19.3. The number of hydrogen-bond acceptors (Lipinski definition) is 24. The number of carboxylic acids is 6. The van der Waals surface area contributed by atoms with Crippen molar-refractivity contribution in [3.05, 3.63) is 179 Å². The van der Waals surface area contributed by atoms with E-state index in [0.29, 0.717) is 34.1 Å². The number of rotatable bonds is 6. The van der Waals surface area contributed by atoms with Crippen molar-refractivity contribution in [1.29, 1.82) is 0 Å². The zero-order valence-electron chi connectivity index (χ0n) is 54.6. The second-order valence-electron chi connectivity index (χ2n) is 17.7. The molecule has 0 aromatic heterocycles. The fraction of sp³-hybridized carbons (Fsp3) is 0.300. The molecule has 0 aliphatic rings. The zero-order chi connectivity index (χ0) is 66.8. The minimum Gasteiger partial charge on any atom is -2.00 e. The normalized spacial score (nSPS) is 8.00. The molecule has 36 heteroatoms. The van der Waals surface area contributed by atoms with E-state index in [1.807, 2.05) is 0 Å². The average molecular weight is 1550 g/mol. The largest absolute Gasteiger partial charge is 4.00 e. The number of benzene rings is 6. The van der Waals surface area contributed by atoms with Crippen LogP contribution >= 0.6 is 0 Å². The molecule has 0 amide bonds. The standard InChI is InChI=1S/6C7H7NO2.6C3H7O.6O.6Ti/c6*8-6-3-1-5(2-4-6)7(9)10;6*1-3(2)4;;;;;;;;;;;;/h6*1-4H,8H2,(H,9,10);6*3H,1-2H3;;;;;;;;;;;;/q;;;;;;6*-1;6*-2;6*+4/p-6. The predicted molar refractivity (Wildman–Crippen MR) is 306 cm³/mol. The van der Waals surface area contributed by atoms with Crippen molar-refractivity contribution in [1.82, 2.24) is 0 Å². The molecule has 0 aliphatic carbocycles. The van der Waals surface area contributed by atoms with E-state index >= 15 is 0 Å². The summed E-state index contributed by atoms with van der Waals surface area (Å²) in [5, 5.41) is 118. The molecule has 0 spiro atoms. The van der Waals surface area contributed by atoms with Gasteiger partial charge < -0.3 is 157 Å². The topological polar surface area (TPSA) is 706 Å². The molecular formula is C60H78N6O24Ti6. The Morgan fingerprint density at radius 1 is 0.208 bits per heavy atom. The molecule has 96 heavy (non-hydrogen) atoms. The molecule has 0 unspecified atom stereocenters. The third-order valence-electron chi connectivity index (χ3n) is 6.88. The quantitative estimate of drug-likeness (QED) is 0.0677. The van der Waals surface area contributed by atoms with Crippen molar-refractivity contribution in [3.63, 3.8) is 0 Å². The first kappa shape index (κ1) is 138. The summed E-state index contributed by atoms with van der Waals surface area (Å²) in [5.74, 6) is -7.08. The number of aromatic carboxylic acids is 6. The van der Waals surface area contributed by atoms with E-state index in [1.54, 1.807) is 83.1 Å². The molecule has 6 rings (SSSR count). The van der Waals surface area contributed by atoms with Gasteiger partial charge in [-0.1, -0.05) is 156 Å². The minimum absolute atomic E-state index is 0. The summed E-state index contributed by atoms with van der Waals surface area (Å²) in [7, 11) is 0. The van der Waals surface area contributed by atoms with Gasteiger partial charge >= 0.3 is 130 Å².